The first-order chi connectivity index (χ1) is 19.3. The second-order valence-corrected chi connectivity index (χ2v) is 10.9. The summed E-state index contributed by atoms with van der Waals surface area (Å²) in [4.78, 5) is 45.7. The molecule has 2 heterocycles. The van der Waals surface area contributed by atoms with E-state index in [0.29, 0.717) is 26.3 Å². The van der Waals surface area contributed by atoms with E-state index in [2.05, 4.69) is 28.6 Å². The number of nitrogens with two attached hydrogens (primary N) is 1. The molecule has 3 rings (SSSR count). The summed E-state index contributed by atoms with van der Waals surface area (Å²) in [5, 5.41) is 14.1. The molecule has 11 heteroatoms. The molecule has 3 amide bonds. The van der Waals surface area contributed by atoms with Gasteiger partial charge in [0.05, 0.1) is 25.9 Å². The predicted octanol–water partition coefficient (Wildman–Crippen LogP) is 0.712. The summed E-state index contributed by atoms with van der Waals surface area (Å²) in [5.41, 5.74) is 5.15. The second-order valence-electron chi connectivity index (χ2n) is 10.9. The minimum absolute atomic E-state index is 0.00177. The lowest BCUT2D eigenvalue weighted by atomic mass is 9.80. The van der Waals surface area contributed by atoms with Crippen LogP contribution in [0.1, 0.15) is 51.9 Å². The Morgan fingerprint density at radius 1 is 1.20 bits per heavy atom. The number of rotatable bonds is 11. The van der Waals surface area contributed by atoms with Crippen LogP contribution in [0, 0.1) is 17.8 Å². The number of aliphatic hydroxyl groups is 1. The molecular formula is C29H47N5O6. The van der Waals surface area contributed by atoms with E-state index in [-0.39, 0.29) is 50.9 Å². The number of likely N-dealkylation sites (tertiary alicyclic amines) is 1. The summed E-state index contributed by atoms with van der Waals surface area (Å²) in [6, 6.07) is -1.17. The molecule has 3 fully saturated rings. The van der Waals surface area contributed by atoms with Crippen molar-refractivity contribution in [3.05, 3.63) is 12.7 Å². The highest BCUT2D eigenvalue weighted by atomic mass is 16.6. The van der Waals surface area contributed by atoms with Crippen LogP contribution in [0.4, 0.5) is 4.79 Å². The van der Waals surface area contributed by atoms with Crippen molar-refractivity contribution in [3.8, 4) is 11.8 Å². The van der Waals surface area contributed by atoms with Crippen LogP contribution in [0.5, 0.6) is 0 Å². The number of hydrogen-bond donors (Lipinski definition) is 3. The maximum Gasteiger partial charge on any atom is 0.410 e. The van der Waals surface area contributed by atoms with Gasteiger partial charge in [-0.15, -0.1) is 5.92 Å². The van der Waals surface area contributed by atoms with Crippen LogP contribution in [-0.4, -0.2) is 121 Å². The molecular weight excluding hydrogens is 514 g/mol. The fourth-order valence-corrected chi connectivity index (χ4v) is 5.91. The molecule has 0 aromatic carbocycles. The Kier molecular flexibility index (Phi) is 12.7. The summed E-state index contributed by atoms with van der Waals surface area (Å²) < 4.78 is 10.6. The molecule has 0 radical (unpaired) electrons. The molecule has 1 aliphatic carbocycles. The smallest absolute Gasteiger partial charge is 0.410 e. The minimum atomic E-state index is -1.27. The summed E-state index contributed by atoms with van der Waals surface area (Å²) in [7, 11) is 0. The van der Waals surface area contributed by atoms with E-state index in [4.69, 9.17) is 15.2 Å². The lowest BCUT2D eigenvalue weighted by Gasteiger charge is -2.47. The number of morpholine rings is 1. The molecule has 0 bridgehead atoms. The second kappa shape index (κ2) is 16.0. The summed E-state index contributed by atoms with van der Waals surface area (Å²) in [6.07, 6.45) is 5.17. The van der Waals surface area contributed by atoms with Gasteiger partial charge in [-0.3, -0.25) is 14.5 Å². The summed E-state index contributed by atoms with van der Waals surface area (Å²) in [5.74, 6) is 4.93. The van der Waals surface area contributed by atoms with Crippen LogP contribution in [0.25, 0.3) is 0 Å². The van der Waals surface area contributed by atoms with Crippen LogP contribution in [-0.2, 0) is 19.1 Å². The zero-order valence-corrected chi connectivity index (χ0v) is 23.9. The normalized spacial score (nSPS) is 21.3. The Balaban J connectivity index is 1.81. The Bertz CT molecular complexity index is 914. The quantitative estimate of drug-likeness (QED) is 0.248. The third-order valence-corrected chi connectivity index (χ3v) is 8.40. The van der Waals surface area contributed by atoms with Gasteiger partial charge in [0.25, 0.3) is 0 Å². The molecule has 0 aromatic rings. The van der Waals surface area contributed by atoms with Gasteiger partial charge < -0.3 is 35.4 Å². The number of nitrogens with zero attached hydrogens (tertiary/aromatic N) is 3. The molecule has 11 nitrogen and oxygen atoms in total. The Hall–Kier alpha value is -2.65. The van der Waals surface area contributed by atoms with Gasteiger partial charge in [-0.05, 0) is 38.5 Å². The number of ether oxygens (including phenoxy) is 2. The van der Waals surface area contributed by atoms with Crippen LogP contribution in [0.15, 0.2) is 12.7 Å². The van der Waals surface area contributed by atoms with E-state index in [1.807, 2.05) is 0 Å². The molecule has 0 aromatic heterocycles. The topological polar surface area (TPSA) is 138 Å². The zero-order chi connectivity index (χ0) is 29.0. The number of carbonyl (C=O) groups is 3. The molecule has 2 aliphatic heterocycles. The fraction of sp³-hybridized carbons (Fsp3) is 0.759. The third kappa shape index (κ3) is 8.19. The van der Waals surface area contributed by atoms with Crippen molar-refractivity contribution in [2.45, 2.75) is 69.6 Å². The molecule has 0 unspecified atom stereocenters. The van der Waals surface area contributed by atoms with Crippen molar-refractivity contribution >= 4 is 17.9 Å². The van der Waals surface area contributed by atoms with Crippen LogP contribution in [0.3, 0.4) is 0 Å². The summed E-state index contributed by atoms with van der Waals surface area (Å²) in [6.45, 7) is 9.76. The molecule has 0 spiro atoms. The first kappa shape index (κ1) is 31.9. The van der Waals surface area contributed by atoms with Crippen molar-refractivity contribution in [3.63, 3.8) is 0 Å². The number of hydrogen-bond acceptors (Lipinski definition) is 8. The molecule has 3 aliphatic rings. The van der Waals surface area contributed by atoms with Crippen molar-refractivity contribution in [1.82, 2.24) is 20.0 Å². The van der Waals surface area contributed by atoms with Gasteiger partial charge in [0.15, 0.2) is 0 Å². The third-order valence-electron chi connectivity index (χ3n) is 8.40. The highest BCUT2D eigenvalue weighted by Crippen LogP contribution is 2.33. The summed E-state index contributed by atoms with van der Waals surface area (Å²) >= 11 is 0. The maximum atomic E-state index is 14.0. The fourth-order valence-electron chi connectivity index (χ4n) is 5.91. The first-order valence-electron chi connectivity index (χ1n) is 14.6. The van der Waals surface area contributed by atoms with Crippen LogP contribution in [0.2, 0.25) is 0 Å². The zero-order valence-electron chi connectivity index (χ0n) is 23.9. The average molecular weight is 562 g/mol. The van der Waals surface area contributed by atoms with E-state index in [9.17, 15) is 19.5 Å². The average Bonchev–Trinajstić information content (AvgIpc) is 3.00. The number of piperidine rings is 1. The van der Waals surface area contributed by atoms with E-state index in [1.165, 1.54) is 15.9 Å². The first-order valence-corrected chi connectivity index (χ1v) is 14.6. The predicted molar refractivity (Wildman–Crippen MR) is 151 cm³/mol. The standard InChI is InChI=1S/C29H47N5O6/c1-3-5-14-34(26(36)24(30)25(35)23-9-7-6-8-10-23)29(11-15-33(16-12-29)28(38)40-20-4-2)27(37)31-13-17-32-18-21-39-22-19-32/h4,23-25,35H,2,6-22,30H2,1H3,(H,31,37)/t24-,25-/m1/s1. The molecule has 2 atom stereocenters. The monoisotopic (exact) mass is 561 g/mol. The van der Waals surface area contributed by atoms with Crippen molar-refractivity contribution < 1.29 is 29.0 Å². The number of carbonyl (C=O) groups excluding carboxylic acids is 3. The molecule has 40 heavy (non-hydrogen) atoms. The molecule has 4 N–H and O–H groups in total. The Morgan fingerprint density at radius 2 is 1.88 bits per heavy atom. The van der Waals surface area contributed by atoms with Gasteiger partial charge in [-0.1, -0.05) is 37.8 Å². The van der Waals surface area contributed by atoms with Gasteiger partial charge >= 0.3 is 6.09 Å². The highest BCUT2D eigenvalue weighted by molar-refractivity contribution is 5.94. The van der Waals surface area contributed by atoms with Gasteiger partial charge in [-0.25, -0.2) is 4.79 Å². The number of amides is 3. The van der Waals surface area contributed by atoms with Gasteiger partial charge in [0, 0.05) is 39.3 Å². The molecule has 1 saturated carbocycles. The molecule has 224 valence electrons. The number of nitrogens with one attached hydrogen (secondary N) is 1. The van der Waals surface area contributed by atoms with Crippen LogP contribution >= 0.6 is 0 Å². The minimum Gasteiger partial charge on any atom is -0.445 e. The largest absolute Gasteiger partial charge is 0.445 e. The van der Waals surface area contributed by atoms with E-state index in [1.54, 1.807) is 6.92 Å². The van der Waals surface area contributed by atoms with Crippen LogP contribution < -0.4 is 11.1 Å². The van der Waals surface area contributed by atoms with Crippen molar-refractivity contribution in [2.24, 2.45) is 11.7 Å². The van der Waals surface area contributed by atoms with E-state index >= 15 is 0 Å². The Labute approximate surface area is 238 Å². The van der Waals surface area contributed by atoms with Gasteiger partial charge in [-0.2, -0.15) is 0 Å². The maximum absolute atomic E-state index is 14.0. The van der Waals surface area contributed by atoms with Gasteiger partial charge in [0.2, 0.25) is 11.8 Å². The highest BCUT2D eigenvalue weighted by Gasteiger charge is 2.50. The SMILES string of the molecule is C=CCOC(=O)N1CCC(C(=O)NCCN2CCOCC2)(N(CC#CC)C(=O)[C@H](N)[C@H](O)C2CCCCC2)CC1. The van der Waals surface area contributed by atoms with E-state index in [0.717, 1.165) is 45.2 Å². The van der Waals surface area contributed by atoms with Crippen molar-refractivity contribution in [2.75, 3.05) is 65.6 Å². The Morgan fingerprint density at radius 3 is 2.50 bits per heavy atom. The van der Waals surface area contributed by atoms with E-state index < -0.39 is 29.7 Å². The number of aliphatic hydroxyl groups excluding tert-OH is 1. The lowest BCUT2D eigenvalue weighted by Crippen LogP contribution is -2.68. The van der Waals surface area contributed by atoms with Gasteiger partial charge in [0.1, 0.15) is 18.2 Å². The van der Waals surface area contributed by atoms with Crippen molar-refractivity contribution in [1.29, 1.82) is 0 Å². The lowest BCUT2D eigenvalue weighted by molar-refractivity contribution is -0.153. The molecule has 2 saturated heterocycles.